The fraction of sp³-hybridized carbons (Fsp3) is 0.261. The number of aryl methyl sites for hydroxylation is 1. The summed E-state index contributed by atoms with van der Waals surface area (Å²) in [7, 11) is 1.60. The molecule has 4 rings (SSSR count). The van der Waals surface area contributed by atoms with Gasteiger partial charge in [0.25, 0.3) is 11.5 Å². The fourth-order valence-corrected chi connectivity index (χ4v) is 3.52. The van der Waals surface area contributed by atoms with E-state index in [1.165, 1.54) is 5.56 Å². The minimum atomic E-state index is -0.315. The summed E-state index contributed by atoms with van der Waals surface area (Å²) in [5.41, 5.74) is 4.15. The van der Waals surface area contributed by atoms with Crippen LogP contribution < -0.4 is 10.9 Å². The lowest BCUT2D eigenvalue weighted by Crippen LogP contribution is -2.24. The molecule has 0 aliphatic heterocycles. The van der Waals surface area contributed by atoms with E-state index in [9.17, 15) is 9.59 Å². The quantitative estimate of drug-likeness (QED) is 0.514. The highest BCUT2D eigenvalue weighted by Gasteiger charge is 2.17. The van der Waals surface area contributed by atoms with Gasteiger partial charge in [0.1, 0.15) is 5.52 Å². The van der Waals surface area contributed by atoms with Gasteiger partial charge < -0.3 is 14.6 Å². The van der Waals surface area contributed by atoms with Crippen LogP contribution in [-0.4, -0.2) is 33.8 Å². The molecule has 0 saturated carbocycles. The summed E-state index contributed by atoms with van der Waals surface area (Å²) >= 11 is 0. The van der Waals surface area contributed by atoms with Crippen molar-refractivity contribution < 1.29 is 9.53 Å². The molecule has 4 aromatic rings. The number of nitrogens with zero attached hydrogens (tertiary/aromatic N) is 3. The molecule has 0 bridgehead atoms. The molecule has 7 nitrogen and oxygen atoms in total. The first-order valence-corrected chi connectivity index (χ1v) is 9.98. The topological polar surface area (TPSA) is 77.6 Å². The first-order valence-electron chi connectivity index (χ1n) is 9.98. The Morgan fingerprint density at radius 3 is 2.43 bits per heavy atom. The van der Waals surface area contributed by atoms with Gasteiger partial charge >= 0.3 is 0 Å². The lowest BCUT2D eigenvalue weighted by molar-refractivity contribution is 0.0945. The van der Waals surface area contributed by atoms with Crippen LogP contribution in [0.1, 0.15) is 28.5 Å². The summed E-state index contributed by atoms with van der Waals surface area (Å²) in [5.74, 6) is -0.315. The first kappa shape index (κ1) is 19.8. The Morgan fingerprint density at radius 2 is 1.73 bits per heavy atom. The Morgan fingerprint density at radius 1 is 1.03 bits per heavy atom. The molecule has 0 unspecified atom stereocenters. The summed E-state index contributed by atoms with van der Waals surface area (Å²) in [6, 6.07) is 17.2. The highest BCUT2D eigenvalue weighted by molar-refractivity contribution is 5.94. The normalized spacial score (nSPS) is 11.3. The summed E-state index contributed by atoms with van der Waals surface area (Å²) in [5, 5.41) is 7.31. The number of para-hydroxylation sites is 2. The van der Waals surface area contributed by atoms with Crippen molar-refractivity contribution in [2.45, 2.75) is 26.4 Å². The van der Waals surface area contributed by atoms with Gasteiger partial charge in [0, 0.05) is 26.3 Å². The maximum atomic E-state index is 13.0. The van der Waals surface area contributed by atoms with Gasteiger partial charge in [-0.2, -0.15) is 5.10 Å². The Labute approximate surface area is 173 Å². The first-order chi connectivity index (χ1) is 14.6. The average Bonchev–Trinajstić information content (AvgIpc) is 3.24. The molecule has 2 aromatic carbocycles. The lowest BCUT2D eigenvalue weighted by Gasteiger charge is -2.11. The highest BCUT2D eigenvalue weighted by atomic mass is 16.5. The molecule has 30 heavy (non-hydrogen) atoms. The maximum Gasteiger partial charge on any atom is 0.277 e. The molecule has 0 aliphatic rings. The molecule has 0 saturated heterocycles. The maximum absolute atomic E-state index is 13.0. The molecule has 7 heteroatoms. The van der Waals surface area contributed by atoms with Crippen LogP contribution in [0, 0.1) is 0 Å². The molecule has 2 aromatic heterocycles. The third kappa shape index (κ3) is 3.71. The molecule has 1 amide bonds. The molecular weight excluding hydrogens is 380 g/mol. The van der Waals surface area contributed by atoms with Crippen molar-refractivity contribution in [3.8, 4) is 0 Å². The fourth-order valence-electron chi connectivity index (χ4n) is 3.52. The van der Waals surface area contributed by atoms with Crippen LogP contribution in [0.4, 0.5) is 0 Å². The molecule has 0 aliphatic carbocycles. The van der Waals surface area contributed by atoms with E-state index >= 15 is 0 Å². The predicted octanol–water partition coefficient (Wildman–Crippen LogP) is 2.79. The number of hydrogen-bond acceptors (Lipinski definition) is 4. The number of rotatable bonds is 7. The van der Waals surface area contributed by atoms with Crippen LogP contribution in [0.15, 0.2) is 59.4 Å². The van der Waals surface area contributed by atoms with Crippen molar-refractivity contribution in [1.29, 1.82) is 0 Å². The van der Waals surface area contributed by atoms with Gasteiger partial charge in [-0.15, -0.1) is 0 Å². The van der Waals surface area contributed by atoms with E-state index in [0.717, 1.165) is 23.0 Å². The lowest BCUT2D eigenvalue weighted by atomic mass is 10.1. The molecule has 0 fully saturated rings. The number of fused-ring (bicyclic) bond motifs is 3. The van der Waals surface area contributed by atoms with Crippen molar-refractivity contribution in [2.75, 3.05) is 13.7 Å². The van der Waals surface area contributed by atoms with Crippen molar-refractivity contribution in [1.82, 2.24) is 19.5 Å². The largest absolute Gasteiger partial charge is 0.383 e. The number of ether oxygens (including phenoxy) is 1. The number of hydrogen-bond donors (Lipinski definition) is 1. The number of carbonyl (C=O) groups excluding carboxylic acids is 1. The SMILES string of the molecule is CCc1ccc(CNC(=O)c2cc3c(=O)n(CCOC)c4ccccc4n3n2)cc1. The van der Waals surface area contributed by atoms with Crippen molar-refractivity contribution in [3.63, 3.8) is 0 Å². The van der Waals surface area contributed by atoms with E-state index < -0.39 is 0 Å². The van der Waals surface area contributed by atoms with Crippen LogP contribution in [-0.2, 0) is 24.2 Å². The van der Waals surface area contributed by atoms with E-state index in [1.807, 2.05) is 36.4 Å². The summed E-state index contributed by atoms with van der Waals surface area (Å²) in [6.45, 7) is 3.34. The number of methoxy groups -OCH3 is 1. The van der Waals surface area contributed by atoms with Crippen LogP contribution >= 0.6 is 0 Å². The molecule has 2 heterocycles. The minimum Gasteiger partial charge on any atom is -0.383 e. The Kier molecular flexibility index (Phi) is 5.63. The second-order valence-electron chi connectivity index (χ2n) is 7.12. The van der Waals surface area contributed by atoms with E-state index in [1.54, 1.807) is 22.3 Å². The van der Waals surface area contributed by atoms with Crippen LogP contribution in [0.25, 0.3) is 16.6 Å². The second kappa shape index (κ2) is 8.51. The molecule has 154 valence electrons. The molecule has 0 radical (unpaired) electrons. The number of aromatic nitrogens is 3. The van der Waals surface area contributed by atoms with Gasteiger partial charge in [0.2, 0.25) is 0 Å². The van der Waals surface area contributed by atoms with E-state index in [2.05, 4.69) is 29.5 Å². The monoisotopic (exact) mass is 404 g/mol. The Balaban J connectivity index is 1.66. The van der Waals surface area contributed by atoms with E-state index in [-0.39, 0.29) is 17.2 Å². The zero-order valence-corrected chi connectivity index (χ0v) is 17.1. The van der Waals surface area contributed by atoms with Crippen LogP contribution in [0.5, 0.6) is 0 Å². The average molecular weight is 404 g/mol. The third-order valence-electron chi connectivity index (χ3n) is 5.21. The number of nitrogens with one attached hydrogen (secondary N) is 1. The van der Waals surface area contributed by atoms with E-state index in [0.29, 0.717) is 25.2 Å². The Bertz CT molecular complexity index is 1260. The highest BCUT2D eigenvalue weighted by Crippen LogP contribution is 2.15. The van der Waals surface area contributed by atoms with Crippen molar-refractivity contribution >= 4 is 22.5 Å². The molecular formula is C23H24N4O3. The van der Waals surface area contributed by atoms with Gasteiger partial charge in [0.15, 0.2) is 5.69 Å². The summed E-state index contributed by atoms with van der Waals surface area (Å²) < 4.78 is 8.35. The van der Waals surface area contributed by atoms with Gasteiger partial charge in [-0.05, 0) is 29.7 Å². The number of amides is 1. The van der Waals surface area contributed by atoms with Gasteiger partial charge in [-0.25, -0.2) is 4.52 Å². The Hall–Kier alpha value is -3.45. The van der Waals surface area contributed by atoms with Gasteiger partial charge in [-0.1, -0.05) is 43.3 Å². The number of benzene rings is 2. The smallest absolute Gasteiger partial charge is 0.277 e. The molecule has 0 spiro atoms. The minimum absolute atomic E-state index is 0.201. The summed E-state index contributed by atoms with van der Waals surface area (Å²) in [4.78, 5) is 25.7. The number of carbonyl (C=O) groups is 1. The van der Waals surface area contributed by atoms with Crippen molar-refractivity contribution in [3.05, 3.63) is 81.8 Å². The van der Waals surface area contributed by atoms with Crippen LogP contribution in [0.3, 0.4) is 0 Å². The second-order valence-corrected chi connectivity index (χ2v) is 7.12. The molecule has 1 N–H and O–H groups in total. The van der Waals surface area contributed by atoms with Gasteiger partial charge in [0.05, 0.1) is 17.6 Å². The third-order valence-corrected chi connectivity index (χ3v) is 5.21. The van der Waals surface area contributed by atoms with Gasteiger partial charge in [-0.3, -0.25) is 9.59 Å². The van der Waals surface area contributed by atoms with E-state index in [4.69, 9.17) is 4.74 Å². The predicted molar refractivity (Wildman–Crippen MR) is 116 cm³/mol. The summed E-state index contributed by atoms with van der Waals surface area (Å²) in [6.07, 6.45) is 0.976. The zero-order chi connectivity index (χ0) is 21.1. The molecule has 0 atom stereocenters. The zero-order valence-electron chi connectivity index (χ0n) is 17.1. The standard InChI is InChI=1S/C23H24N4O3/c1-3-16-8-10-17(11-9-16)15-24-22(28)18-14-21-23(29)26(12-13-30-2)19-6-4-5-7-20(19)27(21)25-18/h4-11,14H,3,12-13,15H2,1-2H3,(H,24,28). The van der Waals surface area contributed by atoms with Crippen molar-refractivity contribution in [2.24, 2.45) is 0 Å². The van der Waals surface area contributed by atoms with Crippen LogP contribution in [0.2, 0.25) is 0 Å².